The zero-order valence-electron chi connectivity index (χ0n) is 26.6. The molecule has 0 aliphatic rings. The summed E-state index contributed by atoms with van der Waals surface area (Å²) >= 11 is 0. The molecule has 7 aromatic carbocycles. The van der Waals surface area contributed by atoms with E-state index in [1.54, 1.807) is 0 Å². The Bertz CT molecular complexity index is 2740. The lowest BCUT2D eigenvalue weighted by Gasteiger charge is -2.11. The molecule has 0 spiro atoms. The van der Waals surface area contributed by atoms with Crippen LogP contribution in [0.3, 0.4) is 0 Å². The van der Waals surface area contributed by atoms with Crippen LogP contribution in [0.15, 0.2) is 176 Å². The van der Waals surface area contributed by atoms with Crippen LogP contribution in [0.1, 0.15) is 0 Å². The molecule has 3 aromatic heterocycles. The lowest BCUT2D eigenvalue weighted by atomic mass is 10.0. The average Bonchev–Trinajstić information content (AvgIpc) is 3.50. The van der Waals surface area contributed by atoms with E-state index in [0.29, 0.717) is 0 Å². The van der Waals surface area contributed by atoms with Gasteiger partial charge in [-0.1, -0.05) is 97.1 Å². The highest BCUT2D eigenvalue weighted by atomic mass is 15.0. The molecule has 0 saturated carbocycles. The van der Waals surface area contributed by atoms with Crippen molar-refractivity contribution in [2.24, 2.45) is 0 Å². The van der Waals surface area contributed by atoms with Crippen LogP contribution in [0.2, 0.25) is 0 Å². The smallest absolute Gasteiger partial charge is 0.0702 e. The molecule has 0 saturated heterocycles. The van der Waals surface area contributed by atoms with Crippen LogP contribution in [0.5, 0.6) is 0 Å². The molecule has 3 heteroatoms. The van der Waals surface area contributed by atoms with Crippen molar-refractivity contribution in [2.75, 3.05) is 0 Å². The predicted molar refractivity (Wildman–Crippen MR) is 205 cm³/mol. The topological polar surface area (TPSA) is 30.7 Å². The monoisotopic (exact) mass is 623 g/mol. The summed E-state index contributed by atoms with van der Waals surface area (Å²) in [7, 11) is 0. The summed E-state index contributed by atoms with van der Waals surface area (Å²) in [5, 5.41) is 7.19. The molecule has 0 bridgehead atoms. The van der Waals surface area contributed by atoms with E-state index < -0.39 is 0 Å². The quantitative estimate of drug-likeness (QED) is 0.195. The Kier molecular flexibility index (Phi) is 6.18. The fraction of sp³-hybridized carbons (Fsp3) is 0. The number of aromatic nitrogens is 3. The first-order chi connectivity index (χ1) is 24.2. The van der Waals surface area contributed by atoms with Gasteiger partial charge in [0.15, 0.2) is 0 Å². The van der Waals surface area contributed by atoms with E-state index >= 15 is 0 Å². The normalized spacial score (nSPS) is 11.7. The maximum atomic E-state index is 4.77. The van der Waals surface area contributed by atoms with Gasteiger partial charge in [-0.3, -0.25) is 9.97 Å². The first-order valence-corrected chi connectivity index (χ1v) is 16.6. The summed E-state index contributed by atoms with van der Waals surface area (Å²) in [6.07, 6.45) is 3.97. The molecule has 49 heavy (non-hydrogen) atoms. The fourth-order valence-corrected chi connectivity index (χ4v) is 7.29. The maximum absolute atomic E-state index is 4.77. The van der Waals surface area contributed by atoms with Crippen LogP contribution in [0.4, 0.5) is 0 Å². The number of nitrogens with zero attached hydrogens (tertiary/aromatic N) is 3. The summed E-state index contributed by atoms with van der Waals surface area (Å²) in [5.74, 6) is 0. The second kappa shape index (κ2) is 11.0. The Labute approximate surface area is 283 Å². The van der Waals surface area contributed by atoms with Gasteiger partial charge in [0, 0.05) is 50.8 Å². The Morgan fingerprint density at radius 2 is 0.776 bits per heavy atom. The summed E-state index contributed by atoms with van der Waals surface area (Å²) in [6.45, 7) is 0. The third kappa shape index (κ3) is 4.67. The maximum Gasteiger partial charge on any atom is 0.0702 e. The zero-order chi connectivity index (χ0) is 32.3. The van der Waals surface area contributed by atoms with Crippen molar-refractivity contribution in [1.29, 1.82) is 0 Å². The van der Waals surface area contributed by atoms with Crippen molar-refractivity contribution in [1.82, 2.24) is 14.5 Å². The predicted octanol–water partition coefficient (Wildman–Crippen LogP) is 12.0. The molecule has 228 valence electrons. The van der Waals surface area contributed by atoms with E-state index in [1.165, 1.54) is 43.7 Å². The van der Waals surface area contributed by atoms with Crippen LogP contribution in [0, 0.1) is 0 Å². The molecule has 0 aliphatic heterocycles. The summed E-state index contributed by atoms with van der Waals surface area (Å²) in [5.41, 5.74) is 12.4. The van der Waals surface area contributed by atoms with Gasteiger partial charge >= 0.3 is 0 Å². The van der Waals surface area contributed by atoms with Gasteiger partial charge in [0.25, 0.3) is 0 Å². The van der Waals surface area contributed by atoms with E-state index in [0.717, 1.165) is 49.7 Å². The van der Waals surface area contributed by atoms with Crippen molar-refractivity contribution in [3.63, 3.8) is 0 Å². The first-order valence-electron chi connectivity index (χ1n) is 16.6. The van der Waals surface area contributed by atoms with Gasteiger partial charge in [-0.05, 0) is 99.8 Å². The lowest BCUT2D eigenvalue weighted by molar-refractivity contribution is 1.18. The third-order valence-corrected chi connectivity index (χ3v) is 9.82. The molecule has 0 aliphatic carbocycles. The van der Waals surface area contributed by atoms with Crippen LogP contribution in [0.25, 0.3) is 93.5 Å². The number of benzene rings is 7. The Hall–Kier alpha value is -6.58. The minimum absolute atomic E-state index is 1.00. The van der Waals surface area contributed by atoms with E-state index in [1.807, 2.05) is 24.5 Å². The molecular weight excluding hydrogens is 595 g/mol. The highest BCUT2D eigenvalue weighted by Crippen LogP contribution is 2.38. The van der Waals surface area contributed by atoms with Gasteiger partial charge in [-0.25, -0.2) is 0 Å². The minimum atomic E-state index is 1.00. The van der Waals surface area contributed by atoms with Gasteiger partial charge in [-0.15, -0.1) is 0 Å². The molecule has 0 atom stereocenters. The lowest BCUT2D eigenvalue weighted by Crippen LogP contribution is -1.94. The van der Waals surface area contributed by atoms with Crippen molar-refractivity contribution in [2.45, 2.75) is 0 Å². The molecular formula is C46H29N3. The number of hydrogen-bond acceptors (Lipinski definition) is 2. The largest absolute Gasteiger partial charge is 0.309 e. The van der Waals surface area contributed by atoms with E-state index in [2.05, 4.69) is 156 Å². The SMILES string of the molecule is c1ccc2cc(-c3ccc(-n4c5ccc(-c6cnc7ccccc7c6)cc5c5cc(-c6cnc7ccccc7c6)ccc54)cc3)ccc2c1. The van der Waals surface area contributed by atoms with Gasteiger partial charge in [0.2, 0.25) is 0 Å². The second-order valence-electron chi connectivity index (χ2n) is 12.7. The van der Waals surface area contributed by atoms with Crippen LogP contribution in [-0.2, 0) is 0 Å². The molecule has 0 fully saturated rings. The molecule has 0 N–H and O–H groups in total. The summed E-state index contributed by atoms with van der Waals surface area (Å²) < 4.78 is 2.39. The number of para-hydroxylation sites is 2. The van der Waals surface area contributed by atoms with Crippen LogP contribution in [-0.4, -0.2) is 14.5 Å². The average molecular weight is 624 g/mol. The molecule has 0 amide bonds. The van der Waals surface area contributed by atoms with Crippen molar-refractivity contribution < 1.29 is 0 Å². The summed E-state index contributed by atoms with van der Waals surface area (Å²) in [6, 6.07) is 58.8. The van der Waals surface area contributed by atoms with E-state index in [4.69, 9.17) is 9.97 Å². The number of rotatable bonds is 4. The number of hydrogen-bond donors (Lipinski definition) is 0. The molecule has 3 heterocycles. The van der Waals surface area contributed by atoms with Gasteiger partial charge < -0.3 is 4.57 Å². The standard InChI is InChI=1S/C46H29N3/c1-2-8-32-23-33(14-13-30(32)7-1)31-15-19-40(20-16-31)49-45-21-17-34(38-24-36-9-3-5-11-43(36)47-28-38)26-41(45)42-27-35(18-22-46(42)49)39-25-37-10-4-6-12-44(37)48-29-39/h1-29H. The fourth-order valence-electron chi connectivity index (χ4n) is 7.29. The van der Waals surface area contributed by atoms with Crippen molar-refractivity contribution in [3.8, 4) is 39.1 Å². The molecule has 0 radical (unpaired) electrons. The van der Waals surface area contributed by atoms with Crippen molar-refractivity contribution >= 4 is 54.4 Å². The zero-order valence-corrected chi connectivity index (χ0v) is 26.6. The Morgan fingerprint density at radius 1 is 0.327 bits per heavy atom. The highest BCUT2D eigenvalue weighted by molar-refractivity contribution is 6.12. The van der Waals surface area contributed by atoms with Gasteiger partial charge in [0.1, 0.15) is 0 Å². The number of pyridine rings is 2. The Morgan fingerprint density at radius 3 is 1.37 bits per heavy atom. The molecule has 0 unspecified atom stereocenters. The van der Waals surface area contributed by atoms with Crippen LogP contribution < -0.4 is 0 Å². The number of fused-ring (bicyclic) bond motifs is 6. The first kappa shape index (κ1) is 27.5. The minimum Gasteiger partial charge on any atom is -0.309 e. The van der Waals surface area contributed by atoms with Gasteiger partial charge in [0.05, 0.1) is 22.1 Å². The summed E-state index contributed by atoms with van der Waals surface area (Å²) in [4.78, 5) is 9.54. The van der Waals surface area contributed by atoms with E-state index in [-0.39, 0.29) is 0 Å². The molecule has 3 nitrogen and oxygen atoms in total. The Balaban J connectivity index is 1.14. The van der Waals surface area contributed by atoms with Gasteiger partial charge in [-0.2, -0.15) is 0 Å². The van der Waals surface area contributed by atoms with Crippen molar-refractivity contribution in [3.05, 3.63) is 176 Å². The molecule has 10 rings (SSSR count). The van der Waals surface area contributed by atoms with E-state index in [9.17, 15) is 0 Å². The highest BCUT2D eigenvalue weighted by Gasteiger charge is 2.16. The molecule has 10 aromatic rings. The third-order valence-electron chi connectivity index (χ3n) is 9.82. The second-order valence-corrected chi connectivity index (χ2v) is 12.7. The van der Waals surface area contributed by atoms with Crippen LogP contribution >= 0.6 is 0 Å².